The number of carbonyl (C=O) groups excluding carboxylic acids is 1. The van der Waals surface area contributed by atoms with Crippen molar-refractivity contribution >= 4 is 29.7 Å². The molecule has 1 aliphatic carbocycles. The third-order valence-corrected chi connectivity index (χ3v) is 6.29. The summed E-state index contributed by atoms with van der Waals surface area (Å²) >= 11 is 1.51. The average molecular weight is 408 g/mol. The van der Waals surface area contributed by atoms with Crippen molar-refractivity contribution in [2.75, 3.05) is 13.1 Å². The van der Waals surface area contributed by atoms with Gasteiger partial charge in [-0.3, -0.25) is 4.79 Å². The van der Waals surface area contributed by atoms with E-state index in [2.05, 4.69) is 4.98 Å². The van der Waals surface area contributed by atoms with Crippen molar-refractivity contribution in [3.05, 3.63) is 35.3 Å². The maximum absolute atomic E-state index is 12.8. The molecule has 1 amide bonds. The molecular formula is C20H26ClN3O2S. The minimum Gasteiger partial charge on any atom is -0.491 e. The molecule has 2 N–H and O–H groups in total. The molecule has 1 saturated carbocycles. The molecule has 2 fully saturated rings. The number of carbonyl (C=O) groups is 1. The van der Waals surface area contributed by atoms with Crippen molar-refractivity contribution in [1.29, 1.82) is 0 Å². The summed E-state index contributed by atoms with van der Waals surface area (Å²) in [5.74, 6) is 1.91. The van der Waals surface area contributed by atoms with Crippen molar-refractivity contribution < 1.29 is 9.53 Å². The molecule has 1 aromatic carbocycles. The highest BCUT2D eigenvalue weighted by atomic mass is 35.5. The topological polar surface area (TPSA) is 68.5 Å². The first-order valence-corrected chi connectivity index (χ1v) is 10.2. The first kappa shape index (κ1) is 20.1. The van der Waals surface area contributed by atoms with Gasteiger partial charge in [-0.15, -0.1) is 23.7 Å². The normalized spacial score (nSPS) is 24.0. The first-order chi connectivity index (χ1) is 12.5. The van der Waals surface area contributed by atoms with Crippen molar-refractivity contribution in [2.45, 2.75) is 38.8 Å². The summed E-state index contributed by atoms with van der Waals surface area (Å²) in [6, 6.07) is 8.12. The van der Waals surface area contributed by atoms with E-state index in [1.807, 2.05) is 48.4 Å². The van der Waals surface area contributed by atoms with Crippen LogP contribution < -0.4 is 10.5 Å². The summed E-state index contributed by atoms with van der Waals surface area (Å²) in [5.41, 5.74) is 7.73. The van der Waals surface area contributed by atoms with Crippen LogP contribution in [0, 0.1) is 11.8 Å². The molecule has 0 bridgehead atoms. The second kappa shape index (κ2) is 8.17. The molecule has 146 valence electrons. The standard InChI is InChI=1S/C20H25N3O2S.ClH/c1-12(2)25-15-6-3-13(4-7-15)19-22-18(11-26-19)20(24)23-9-14-5-8-17(21)16(14)10-23;/h3-4,6-7,11-12,14,16-17H,5,8-10,21H2,1-2H3;1H. The van der Waals surface area contributed by atoms with E-state index in [4.69, 9.17) is 10.5 Å². The number of hydrogen-bond donors (Lipinski definition) is 1. The minimum absolute atomic E-state index is 0. The van der Waals surface area contributed by atoms with Gasteiger partial charge < -0.3 is 15.4 Å². The molecule has 5 nitrogen and oxygen atoms in total. The van der Waals surface area contributed by atoms with Crippen LogP contribution >= 0.6 is 23.7 Å². The zero-order valence-corrected chi connectivity index (χ0v) is 17.3. The number of nitrogens with two attached hydrogens (primary N) is 1. The van der Waals surface area contributed by atoms with Crippen LogP contribution in [-0.2, 0) is 0 Å². The Morgan fingerprint density at radius 2 is 2.00 bits per heavy atom. The smallest absolute Gasteiger partial charge is 0.273 e. The van der Waals surface area contributed by atoms with Gasteiger partial charge in [-0.25, -0.2) is 4.98 Å². The molecular weight excluding hydrogens is 382 g/mol. The van der Waals surface area contributed by atoms with E-state index >= 15 is 0 Å². The Hall–Kier alpha value is -1.63. The number of benzene rings is 1. The number of rotatable bonds is 4. The van der Waals surface area contributed by atoms with Crippen molar-refractivity contribution in [3.8, 4) is 16.3 Å². The van der Waals surface area contributed by atoms with Gasteiger partial charge in [0.25, 0.3) is 5.91 Å². The second-order valence-electron chi connectivity index (χ2n) is 7.60. The SMILES string of the molecule is CC(C)Oc1ccc(-c2nc(C(=O)N3CC4CCC(N)C4C3)cs2)cc1.Cl. The van der Waals surface area contributed by atoms with Crippen LogP contribution in [0.4, 0.5) is 0 Å². The Labute approximate surface area is 170 Å². The Bertz CT molecular complexity index is 793. The molecule has 3 atom stereocenters. The predicted molar refractivity (Wildman–Crippen MR) is 111 cm³/mol. The molecule has 1 saturated heterocycles. The van der Waals surface area contributed by atoms with Crippen LogP contribution in [-0.4, -0.2) is 41.0 Å². The Morgan fingerprint density at radius 3 is 2.67 bits per heavy atom. The molecule has 7 heteroatoms. The highest BCUT2D eigenvalue weighted by Gasteiger charge is 2.42. The van der Waals surface area contributed by atoms with Gasteiger partial charge in [0.1, 0.15) is 16.5 Å². The lowest BCUT2D eigenvalue weighted by molar-refractivity contribution is 0.0774. The fourth-order valence-electron chi connectivity index (χ4n) is 4.09. The number of hydrogen-bond acceptors (Lipinski definition) is 5. The lowest BCUT2D eigenvalue weighted by atomic mass is 9.98. The number of likely N-dealkylation sites (tertiary alicyclic amines) is 1. The van der Waals surface area contributed by atoms with Gasteiger partial charge in [0.05, 0.1) is 6.10 Å². The summed E-state index contributed by atoms with van der Waals surface area (Å²) in [6.45, 7) is 5.61. The maximum atomic E-state index is 12.8. The van der Waals surface area contributed by atoms with Crippen LogP contribution in [0.3, 0.4) is 0 Å². The largest absolute Gasteiger partial charge is 0.491 e. The number of nitrogens with zero attached hydrogens (tertiary/aromatic N) is 2. The summed E-state index contributed by atoms with van der Waals surface area (Å²) < 4.78 is 5.67. The van der Waals surface area contributed by atoms with Gasteiger partial charge in [-0.05, 0) is 62.8 Å². The molecule has 27 heavy (non-hydrogen) atoms. The average Bonchev–Trinajstić information content (AvgIpc) is 3.32. The van der Waals surface area contributed by atoms with E-state index in [0.717, 1.165) is 42.3 Å². The van der Waals surface area contributed by atoms with Crippen LogP contribution in [0.1, 0.15) is 37.2 Å². The lowest BCUT2D eigenvalue weighted by Crippen LogP contribution is -2.33. The second-order valence-corrected chi connectivity index (χ2v) is 8.46. The number of halogens is 1. The van der Waals surface area contributed by atoms with Gasteiger partial charge >= 0.3 is 0 Å². The molecule has 1 aromatic heterocycles. The predicted octanol–water partition coefficient (Wildman–Crippen LogP) is 3.83. The zero-order valence-electron chi connectivity index (χ0n) is 15.6. The van der Waals surface area contributed by atoms with Gasteiger partial charge in [0, 0.05) is 30.1 Å². The monoisotopic (exact) mass is 407 g/mol. The van der Waals surface area contributed by atoms with Crippen LogP contribution in [0.15, 0.2) is 29.6 Å². The van der Waals surface area contributed by atoms with E-state index in [0.29, 0.717) is 17.5 Å². The Kier molecular flexibility index (Phi) is 6.08. The maximum Gasteiger partial charge on any atom is 0.273 e. The summed E-state index contributed by atoms with van der Waals surface area (Å²) in [5, 5.41) is 2.73. The Balaban J connectivity index is 0.00000210. The molecule has 2 aliphatic rings. The highest BCUT2D eigenvalue weighted by Crippen LogP contribution is 2.38. The summed E-state index contributed by atoms with van der Waals surface area (Å²) in [4.78, 5) is 19.3. The van der Waals surface area contributed by atoms with E-state index in [1.165, 1.54) is 11.3 Å². The lowest BCUT2D eigenvalue weighted by Gasteiger charge is -2.17. The summed E-state index contributed by atoms with van der Waals surface area (Å²) in [7, 11) is 0. The van der Waals surface area contributed by atoms with Crippen molar-refractivity contribution in [1.82, 2.24) is 9.88 Å². The fourth-order valence-corrected chi connectivity index (χ4v) is 4.89. The van der Waals surface area contributed by atoms with E-state index in [-0.39, 0.29) is 30.5 Å². The van der Waals surface area contributed by atoms with Crippen LogP contribution in [0.25, 0.3) is 10.6 Å². The number of fused-ring (bicyclic) bond motifs is 1. The molecule has 0 spiro atoms. The third kappa shape index (κ3) is 4.13. The molecule has 3 unspecified atom stereocenters. The minimum atomic E-state index is 0. The van der Waals surface area contributed by atoms with Crippen LogP contribution in [0.5, 0.6) is 5.75 Å². The Morgan fingerprint density at radius 1 is 1.26 bits per heavy atom. The van der Waals surface area contributed by atoms with E-state index in [1.54, 1.807) is 0 Å². The zero-order chi connectivity index (χ0) is 18.3. The van der Waals surface area contributed by atoms with Gasteiger partial charge in [0.2, 0.25) is 0 Å². The summed E-state index contributed by atoms with van der Waals surface area (Å²) in [6.07, 6.45) is 2.38. The van der Waals surface area contributed by atoms with Crippen LogP contribution in [0.2, 0.25) is 0 Å². The number of ether oxygens (including phenoxy) is 1. The highest BCUT2D eigenvalue weighted by molar-refractivity contribution is 7.13. The van der Waals surface area contributed by atoms with Crippen molar-refractivity contribution in [2.24, 2.45) is 17.6 Å². The van der Waals surface area contributed by atoms with E-state index < -0.39 is 0 Å². The molecule has 2 aromatic rings. The van der Waals surface area contributed by atoms with Gasteiger partial charge in [-0.1, -0.05) is 0 Å². The molecule has 1 aliphatic heterocycles. The quantitative estimate of drug-likeness (QED) is 0.836. The number of thiazole rings is 1. The third-order valence-electron chi connectivity index (χ3n) is 5.40. The molecule has 0 radical (unpaired) electrons. The number of aromatic nitrogens is 1. The van der Waals surface area contributed by atoms with Gasteiger partial charge in [-0.2, -0.15) is 0 Å². The molecule has 4 rings (SSSR count). The fraction of sp³-hybridized carbons (Fsp3) is 0.500. The van der Waals surface area contributed by atoms with Crippen molar-refractivity contribution in [3.63, 3.8) is 0 Å². The number of amides is 1. The first-order valence-electron chi connectivity index (χ1n) is 9.28. The van der Waals surface area contributed by atoms with Gasteiger partial charge in [0.15, 0.2) is 0 Å². The van der Waals surface area contributed by atoms with E-state index in [9.17, 15) is 4.79 Å². The molecule has 2 heterocycles.